The summed E-state index contributed by atoms with van der Waals surface area (Å²) in [6.07, 6.45) is 3.42. The molecule has 32 heavy (non-hydrogen) atoms. The van der Waals surface area contributed by atoms with Crippen LogP contribution in [0.4, 0.5) is 4.39 Å². The van der Waals surface area contributed by atoms with Gasteiger partial charge in [0.25, 0.3) is 11.5 Å². The van der Waals surface area contributed by atoms with Crippen LogP contribution in [0.25, 0.3) is 11.0 Å². The van der Waals surface area contributed by atoms with Crippen LogP contribution < -0.4 is 10.9 Å². The molecule has 0 fully saturated rings. The number of nitrogens with zero attached hydrogens (tertiary/aromatic N) is 3. The van der Waals surface area contributed by atoms with Crippen LogP contribution in [-0.2, 0) is 6.54 Å². The number of benzene rings is 1. The molecule has 0 aliphatic carbocycles. The highest BCUT2D eigenvalue weighted by molar-refractivity contribution is 5.97. The number of carbonyl (C=O) groups excluding carboxylic acids is 1. The Morgan fingerprint density at radius 2 is 1.91 bits per heavy atom. The van der Waals surface area contributed by atoms with E-state index in [1.54, 1.807) is 30.5 Å². The zero-order valence-corrected chi connectivity index (χ0v) is 19.0. The van der Waals surface area contributed by atoms with Gasteiger partial charge in [-0.1, -0.05) is 26.0 Å². The molecule has 0 aliphatic heterocycles. The third kappa shape index (κ3) is 5.79. The summed E-state index contributed by atoms with van der Waals surface area (Å²) in [5.74, 6) is -0.726. The van der Waals surface area contributed by atoms with Gasteiger partial charge >= 0.3 is 0 Å². The van der Waals surface area contributed by atoms with Crippen molar-refractivity contribution in [3.63, 3.8) is 0 Å². The van der Waals surface area contributed by atoms with Crippen molar-refractivity contribution in [3.8, 4) is 0 Å². The first-order valence-corrected chi connectivity index (χ1v) is 11.2. The molecule has 2 heterocycles. The largest absolute Gasteiger partial charge is 0.349 e. The number of rotatable bonds is 10. The quantitative estimate of drug-likeness (QED) is 0.523. The second kappa shape index (κ2) is 11.0. The molecule has 170 valence electrons. The Kier molecular flexibility index (Phi) is 8.11. The first kappa shape index (κ1) is 23.6. The van der Waals surface area contributed by atoms with Crippen molar-refractivity contribution in [2.75, 3.05) is 19.6 Å². The SMILES string of the molecule is CCN(CC)CCC[C@H](C)NC(=O)c1cc2cccnc2n(Cc2ccc(F)cc2)c1=O. The van der Waals surface area contributed by atoms with Crippen LogP contribution in [0.15, 0.2) is 53.5 Å². The van der Waals surface area contributed by atoms with Crippen molar-refractivity contribution < 1.29 is 9.18 Å². The van der Waals surface area contributed by atoms with Gasteiger partial charge in [0, 0.05) is 17.6 Å². The van der Waals surface area contributed by atoms with Crippen LogP contribution in [0, 0.1) is 5.82 Å². The molecule has 0 saturated carbocycles. The van der Waals surface area contributed by atoms with Gasteiger partial charge in [0.15, 0.2) is 0 Å². The highest BCUT2D eigenvalue weighted by Crippen LogP contribution is 2.14. The molecule has 0 unspecified atom stereocenters. The van der Waals surface area contributed by atoms with E-state index in [2.05, 4.69) is 29.0 Å². The van der Waals surface area contributed by atoms with Crippen LogP contribution in [0.5, 0.6) is 0 Å². The molecule has 6 nitrogen and oxygen atoms in total. The van der Waals surface area contributed by atoms with Gasteiger partial charge in [0.05, 0.1) is 6.54 Å². The van der Waals surface area contributed by atoms with E-state index >= 15 is 0 Å². The number of hydrogen-bond donors (Lipinski definition) is 1. The monoisotopic (exact) mass is 438 g/mol. The zero-order valence-electron chi connectivity index (χ0n) is 19.0. The normalized spacial score (nSPS) is 12.3. The summed E-state index contributed by atoms with van der Waals surface area (Å²) in [4.78, 5) is 32.9. The number of carbonyl (C=O) groups is 1. The number of nitrogens with one attached hydrogen (secondary N) is 1. The smallest absolute Gasteiger partial charge is 0.265 e. The molecule has 1 atom stereocenters. The average Bonchev–Trinajstić information content (AvgIpc) is 2.79. The molecular weight excluding hydrogens is 407 g/mol. The van der Waals surface area contributed by atoms with Crippen LogP contribution in [0.2, 0.25) is 0 Å². The fourth-order valence-corrected chi connectivity index (χ4v) is 3.82. The minimum absolute atomic E-state index is 0.0485. The van der Waals surface area contributed by atoms with Gasteiger partial charge < -0.3 is 10.2 Å². The van der Waals surface area contributed by atoms with E-state index < -0.39 is 5.56 Å². The molecule has 2 aromatic heterocycles. The van der Waals surface area contributed by atoms with Gasteiger partial charge in [-0.2, -0.15) is 0 Å². The molecule has 1 amide bonds. The maximum atomic E-state index is 13.3. The van der Waals surface area contributed by atoms with Crippen LogP contribution >= 0.6 is 0 Å². The Hall–Kier alpha value is -3.06. The average molecular weight is 439 g/mol. The van der Waals surface area contributed by atoms with E-state index in [0.717, 1.165) is 38.0 Å². The van der Waals surface area contributed by atoms with Gasteiger partial charge in [0.1, 0.15) is 17.0 Å². The summed E-state index contributed by atoms with van der Waals surface area (Å²) >= 11 is 0. The predicted molar refractivity (Wildman–Crippen MR) is 125 cm³/mol. The van der Waals surface area contributed by atoms with Gasteiger partial charge in [-0.25, -0.2) is 9.37 Å². The minimum Gasteiger partial charge on any atom is -0.349 e. The molecule has 0 bridgehead atoms. The summed E-state index contributed by atoms with van der Waals surface area (Å²) in [6, 6.07) is 11.1. The summed E-state index contributed by atoms with van der Waals surface area (Å²) in [5, 5.41) is 3.67. The Labute approximate surface area is 188 Å². The van der Waals surface area contributed by atoms with Gasteiger partial charge in [0.2, 0.25) is 0 Å². The lowest BCUT2D eigenvalue weighted by Crippen LogP contribution is -2.38. The van der Waals surface area contributed by atoms with E-state index in [4.69, 9.17) is 0 Å². The van der Waals surface area contributed by atoms with E-state index in [1.807, 2.05) is 13.0 Å². The number of aromatic nitrogens is 2. The van der Waals surface area contributed by atoms with Gasteiger partial charge in [-0.05, 0) is 75.3 Å². The number of pyridine rings is 2. The lowest BCUT2D eigenvalue weighted by Gasteiger charge is -2.20. The van der Waals surface area contributed by atoms with E-state index in [9.17, 15) is 14.0 Å². The molecule has 0 aliphatic rings. The van der Waals surface area contributed by atoms with Gasteiger partial charge in [-0.15, -0.1) is 0 Å². The molecule has 0 saturated heterocycles. The maximum Gasteiger partial charge on any atom is 0.265 e. The first-order valence-electron chi connectivity index (χ1n) is 11.2. The lowest BCUT2D eigenvalue weighted by atomic mass is 10.1. The second-order valence-electron chi connectivity index (χ2n) is 8.04. The van der Waals surface area contributed by atoms with Crippen LogP contribution in [0.3, 0.4) is 0 Å². The van der Waals surface area contributed by atoms with Crippen LogP contribution in [-0.4, -0.2) is 46.0 Å². The molecule has 0 spiro atoms. The van der Waals surface area contributed by atoms with Crippen molar-refractivity contribution >= 4 is 16.9 Å². The Balaban J connectivity index is 1.82. The molecule has 3 rings (SSSR count). The van der Waals surface area contributed by atoms with Crippen molar-refractivity contribution in [2.24, 2.45) is 0 Å². The zero-order chi connectivity index (χ0) is 23.1. The van der Waals surface area contributed by atoms with Crippen LogP contribution in [0.1, 0.15) is 49.5 Å². The minimum atomic E-state index is -0.409. The molecule has 0 radical (unpaired) electrons. The molecule has 1 aromatic carbocycles. The highest BCUT2D eigenvalue weighted by Gasteiger charge is 2.18. The second-order valence-corrected chi connectivity index (χ2v) is 8.04. The van der Waals surface area contributed by atoms with Gasteiger partial charge in [-0.3, -0.25) is 14.2 Å². The lowest BCUT2D eigenvalue weighted by molar-refractivity contribution is 0.0935. The first-order chi connectivity index (χ1) is 15.4. The van der Waals surface area contributed by atoms with Crippen molar-refractivity contribution in [2.45, 2.75) is 46.2 Å². The third-order valence-electron chi connectivity index (χ3n) is 5.73. The maximum absolute atomic E-state index is 13.3. The molecular formula is C25H31FN4O2. The van der Waals surface area contributed by atoms with E-state index in [-0.39, 0.29) is 29.9 Å². The Morgan fingerprint density at radius 1 is 1.19 bits per heavy atom. The molecule has 7 heteroatoms. The topological polar surface area (TPSA) is 67.2 Å². The Bertz CT molecular complexity index is 1110. The standard InChI is InChI=1S/C25H31FN4O2/c1-4-29(5-2)15-7-8-18(3)28-24(31)22-16-20-9-6-14-27-23(20)30(25(22)32)17-19-10-12-21(26)13-11-19/h6,9-14,16,18H,4-5,7-8,15,17H2,1-3H3,(H,28,31)/t18-/m0/s1. The highest BCUT2D eigenvalue weighted by atomic mass is 19.1. The Morgan fingerprint density at radius 3 is 2.59 bits per heavy atom. The summed E-state index contributed by atoms with van der Waals surface area (Å²) in [5.41, 5.74) is 0.921. The number of fused-ring (bicyclic) bond motifs is 1. The summed E-state index contributed by atoms with van der Waals surface area (Å²) < 4.78 is 14.8. The third-order valence-corrected chi connectivity index (χ3v) is 5.73. The number of amides is 1. The number of halogens is 1. The van der Waals surface area contributed by atoms with Crippen molar-refractivity contribution in [1.29, 1.82) is 0 Å². The predicted octanol–water partition coefficient (Wildman–Crippen LogP) is 3.82. The molecule has 3 aromatic rings. The summed E-state index contributed by atoms with van der Waals surface area (Å²) in [6.45, 7) is 9.44. The van der Waals surface area contributed by atoms with E-state index in [0.29, 0.717) is 11.0 Å². The van der Waals surface area contributed by atoms with Crippen molar-refractivity contribution in [3.05, 3.63) is 76.0 Å². The van der Waals surface area contributed by atoms with Crippen molar-refractivity contribution in [1.82, 2.24) is 19.8 Å². The molecule has 1 N–H and O–H groups in total. The summed E-state index contributed by atoms with van der Waals surface area (Å²) in [7, 11) is 0. The fraction of sp³-hybridized carbons (Fsp3) is 0.400. The van der Waals surface area contributed by atoms with E-state index in [1.165, 1.54) is 16.7 Å². The number of hydrogen-bond acceptors (Lipinski definition) is 4. The fourth-order valence-electron chi connectivity index (χ4n) is 3.82.